The lowest BCUT2D eigenvalue weighted by Crippen LogP contribution is -1.90. The Bertz CT molecular complexity index is 299. The van der Waals surface area contributed by atoms with Crippen LogP contribution >= 0.6 is 22.6 Å². The first-order valence-electron chi connectivity index (χ1n) is 4.81. The van der Waals surface area contributed by atoms with Gasteiger partial charge in [-0.15, -0.1) is 0 Å². The van der Waals surface area contributed by atoms with E-state index in [0.717, 1.165) is 24.8 Å². The van der Waals surface area contributed by atoms with Crippen LogP contribution in [-0.4, -0.2) is 10.2 Å². The van der Waals surface area contributed by atoms with Crippen LogP contribution in [0.4, 0.5) is 0 Å². The number of para-hydroxylation sites is 1. The quantitative estimate of drug-likeness (QED) is 0.505. The Morgan fingerprint density at radius 3 is 2.71 bits per heavy atom. The Balaban J connectivity index is 2.79. The molecule has 0 aliphatic carbocycles. The molecule has 1 atom stereocenters. The van der Waals surface area contributed by atoms with Gasteiger partial charge in [0.05, 0.1) is 0 Å². The van der Waals surface area contributed by atoms with Crippen LogP contribution in [0.25, 0.3) is 0 Å². The predicted octanol–water partition coefficient (Wildman–Crippen LogP) is 3.76. The second kappa shape index (κ2) is 5.44. The van der Waals surface area contributed by atoms with Crippen molar-refractivity contribution < 1.29 is 10.2 Å². The maximum atomic E-state index is 9.61. The van der Waals surface area contributed by atoms with Crippen LogP contribution < -0.4 is 0 Å². The Hall–Kier alpha value is -0.450. The van der Waals surface area contributed by atoms with Crippen LogP contribution in [0.3, 0.4) is 0 Å². The first-order chi connectivity index (χ1) is 6.66. The van der Waals surface area contributed by atoms with Crippen molar-refractivity contribution >= 4 is 22.6 Å². The van der Waals surface area contributed by atoms with Gasteiger partial charge in [-0.3, -0.25) is 0 Å². The van der Waals surface area contributed by atoms with Crippen LogP contribution in [0, 0.1) is 0 Å². The molecule has 78 valence electrons. The fraction of sp³-hybridized carbons (Fsp3) is 0.455. The summed E-state index contributed by atoms with van der Waals surface area (Å²) in [6.07, 6.45) is 3.33. The van der Waals surface area contributed by atoms with Crippen molar-refractivity contribution in [3.63, 3.8) is 0 Å². The van der Waals surface area contributed by atoms with Crippen molar-refractivity contribution in [2.24, 2.45) is 0 Å². The number of unbranched alkanes of at least 4 members (excludes halogenated alkanes) is 1. The van der Waals surface area contributed by atoms with Crippen molar-refractivity contribution in [3.05, 3.63) is 23.8 Å². The van der Waals surface area contributed by atoms with Gasteiger partial charge >= 0.3 is 0 Å². The topological polar surface area (TPSA) is 40.5 Å². The molecule has 1 unspecified atom stereocenters. The van der Waals surface area contributed by atoms with Crippen LogP contribution in [0.15, 0.2) is 18.2 Å². The number of phenols is 2. The third kappa shape index (κ3) is 2.77. The molecular weight excluding hydrogens is 291 g/mol. The van der Waals surface area contributed by atoms with Crippen LogP contribution in [-0.2, 0) is 0 Å². The molecule has 3 heteroatoms. The molecule has 0 bridgehead atoms. The number of aromatic hydroxyl groups is 2. The van der Waals surface area contributed by atoms with Gasteiger partial charge in [0.15, 0.2) is 11.5 Å². The van der Waals surface area contributed by atoms with E-state index in [-0.39, 0.29) is 15.4 Å². The van der Waals surface area contributed by atoms with E-state index in [2.05, 4.69) is 29.5 Å². The second-order valence-electron chi connectivity index (χ2n) is 3.32. The summed E-state index contributed by atoms with van der Waals surface area (Å²) < 4.78 is 0.277. The lowest BCUT2D eigenvalue weighted by molar-refractivity contribution is 0.399. The number of rotatable bonds is 4. The molecule has 0 aromatic heterocycles. The van der Waals surface area contributed by atoms with E-state index < -0.39 is 0 Å². The third-order valence-corrected chi connectivity index (χ3v) is 3.49. The standard InChI is InChI=1S/C11H15IO2/c1-2-3-6-9(12)8-5-4-7-10(13)11(8)14/h4-5,7,9,13-14H,2-3,6H2,1H3. The van der Waals surface area contributed by atoms with Gasteiger partial charge in [-0.25, -0.2) is 0 Å². The summed E-state index contributed by atoms with van der Waals surface area (Å²) in [6.45, 7) is 2.14. The molecule has 0 saturated carbocycles. The number of phenolic OH excluding ortho intramolecular Hbond substituents is 2. The summed E-state index contributed by atoms with van der Waals surface area (Å²) in [5.41, 5.74) is 0.832. The van der Waals surface area contributed by atoms with Gasteiger partial charge in [-0.2, -0.15) is 0 Å². The highest BCUT2D eigenvalue weighted by atomic mass is 127. The van der Waals surface area contributed by atoms with Gasteiger partial charge in [0, 0.05) is 9.49 Å². The number of hydrogen-bond donors (Lipinski definition) is 2. The molecule has 2 N–H and O–H groups in total. The van der Waals surface area contributed by atoms with E-state index in [4.69, 9.17) is 0 Å². The van der Waals surface area contributed by atoms with Crippen molar-refractivity contribution in [1.82, 2.24) is 0 Å². The average Bonchev–Trinajstić information content (AvgIpc) is 2.18. The minimum absolute atomic E-state index is 0.0272. The summed E-state index contributed by atoms with van der Waals surface area (Å²) in [7, 11) is 0. The highest BCUT2D eigenvalue weighted by Gasteiger charge is 2.13. The summed E-state index contributed by atoms with van der Waals surface area (Å²) in [4.78, 5) is 0. The number of benzene rings is 1. The average molecular weight is 306 g/mol. The molecule has 0 aliphatic rings. The summed E-state index contributed by atoms with van der Waals surface area (Å²) >= 11 is 2.30. The van der Waals surface area contributed by atoms with Gasteiger partial charge < -0.3 is 10.2 Å². The molecule has 0 amide bonds. The molecule has 14 heavy (non-hydrogen) atoms. The summed E-state index contributed by atoms with van der Waals surface area (Å²) in [6, 6.07) is 5.13. The molecule has 1 aromatic carbocycles. The van der Waals surface area contributed by atoms with E-state index in [1.807, 2.05) is 6.07 Å². The zero-order valence-corrected chi connectivity index (χ0v) is 10.4. The molecule has 0 radical (unpaired) electrons. The van der Waals surface area contributed by atoms with Crippen LogP contribution in [0.1, 0.15) is 35.7 Å². The van der Waals surface area contributed by atoms with Gasteiger partial charge in [-0.1, -0.05) is 54.5 Å². The van der Waals surface area contributed by atoms with E-state index in [1.54, 1.807) is 6.07 Å². The maximum Gasteiger partial charge on any atom is 0.161 e. The maximum absolute atomic E-state index is 9.61. The van der Waals surface area contributed by atoms with Gasteiger partial charge in [0.25, 0.3) is 0 Å². The number of alkyl halides is 1. The zero-order chi connectivity index (χ0) is 10.6. The van der Waals surface area contributed by atoms with Crippen molar-refractivity contribution in [2.75, 3.05) is 0 Å². The first kappa shape index (κ1) is 11.6. The predicted molar refractivity (Wildman–Crippen MR) is 66.1 cm³/mol. The Morgan fingerprint density at radius 2 is 2.07 bits per heavy atom. The highest BCUT2D eigenvalue weighted by molar-refractivity contribution is 14.1. The summed E-state index contributed by atoms with van der Waals surface area (Å²) in [5.74, 6) is 0.00340. The SMILES string of the molecule is CCCCC(I)c1cccc(O)c1O. The normalized spacial score (nSPS) is 12.7. The molecule has 1 aromatic rings. The van der Waals surface area contributed by atoms with E-state index in [9.17, 15) is 10.2 Å². The highest BCUT2D eigenvalue weighted by Crippen LogP contribution is 2.39. The molecule has 0 aliphatic heterocycles. The number of halogens is 1. The van der Waals surface area contributed by atoms with Crippen molar-refractivity contribution in [1.29, 1.82) is 0 Å². The molecule has 0 saturated heterocycles. The largest absolute Gasteiger partial charge is 0.504 e. The van der Waals surface area contributed by atoms with E-state index >= 15 is 0 Å². The van der Waals surface area contributed by atoms with Gasteiger partial charge in [0.1, 0.15) is 0 Å². The summed E-state index contributed by atoms with van der Waals surface area (Å²) in [5, 5.41) is 18.9. The molecule has 2 nitrogen and oxygen atoms in total. The Morgan fingerprint density at radius 1 is 1.36 bits per heavy atom. The lowest BCUT2D eigenvalue weighted by atomic mass is 10.1. The first-order valence-corrected chi connectivity index (χ1v) is 6.06. The molecule has 0 spiro atoms. The Labute approximate surface area is 98.1 Å². The minimum Gasteiger partial charge on any atom is -0.504 e. The molecule has 0 heterocycles. The van der Waals surface area contributed by atoms with Gasteiger partial charge in [0.2, 0.25) is 0 Å². The second-order valence-corrected chi connectivity index (χ2v) is 4.83. The lowest BCUT2D eigenvalue weighted by Gasteiger charge is -2.11. The smallest absolute Gasteiger partial charge is 0.161 e. The zero-order valence-electron chi connectivity index (χ0n) is 8.20. The molecule has 0 fully saturated rings. The third-order valence-electron chi connectivity index (χ3n) is 2.19. The van der Waals surface area contributed by atoms with Gasteiger partial charge in [-0.05, 0) is 12.5 Å². The Kier molecular flexibility index (Phi) is 4.51. The van der Waals surface area contributed by atoms with Crippen molar-refractivity contribution in [2.45, 2.75) is 30.1 Å². The molecular formula is C11H15IO2. The minimum atomic E-state index is -0.0272. The van der Waals surface area contributed by atoms with Crippen molar-refractivity contribution in [3.8, 4) is 11.5 Å². The van der Waals surface area contributed by atoms with E-state index in [0.29, 0.717) is 0 Å². The monoisotopic (exact) mass is 306 g/mol. The number of hydrogen-bond acceptors (Lipinski definition) is 2. The van der Waals surface area contributed by atoms with Crippen LogP contribution in [0.5, 0.6) is 11.5 Å². The van der Waals surface area contributed by atoms with E-state index in [1.165, 1.54) is 6.07 Å². The fourth-order valence-electron chi connectivity index (χ4n) is 1.34. The molecule has 1 rings (SSSR count). The van der Waals surface area contributed by atoms with Crippen LogP contribution in [0.2, 0.25) is 0 Å². The fourth-order valence-corrected chi connectivity index (χ4v) is 2.28.